The van der Waals surface area contributed by atoms with Crippen LogP contribution in [0.5, 0.6) is 0 Å². The highest BCUT2D eigenvalue weighted by molar-refractivity contribution is 7.92. The summed E-state index contributed by atoms with van der Waals surface area (Å²) >= 11 is 5.53. The minimum atomic E-state index is -3.39. The zero-order valence-corrected chi connectivity index (χ0v) is 10.2. The van der Waals surface area contributed by atoms with Crippen LogP contribution in [0.15, 0.2) is 17.4 Å². The van der Waals surface area contributed by atoms with Crippen LogP contribution in [0.4, 0.5) is 0 Å². The Labute approximate surface area is 94.6 Å². The Kier molecular flexibility index (Phi) is 4.04. The summed E-state index contributed by atoms with van der Waals surface area (Å²) in [5, 5.41) is -0.465. The molecule has 1 atom stereocenters. The lowest BCUT2D eigenvalue weighted by Gasteiger charge is -2.11. The van der Waals surface area contributed by atoms with Crippen LogP contribution in [-0.2, 0) is 9.84 Å². The van der Waals surface area contributed by atoms with E-state index < -0.39 is 15.1 Å². The quantitative estimate of drug-likeness (QED) is 0.759. The molecule has 0 radical (unpaired) electrons. The van der Waals surface area contributed by atoms with Crippen molar-refractivity contribution < 1.29 is 8.42 Å². The van der Waals surface area contributed by atoms with Crippen molar-refractivity contribution in [2.75, 3.05) is 5.88 Å². The van der Waals surface area contributed by atoms with Gasteiger partial charge in [0.1, 0.15) is 0 Å². The fourth-order valence-corrected chi connectivity index (χ4v) is 3.11. The first-order valence-electron chi connectivity index (χ1n) is 4.57. The van der Waals surface area contributed by atoms with Crippen LogP contribution in [0.2, 0.25) is 0 Å². The maximum atomic E-state index is 12.0. The number of aromatic nitrogens is 2. The van der Waals surface area contributed by atoms with Gasteiger partial charge >= 0.3 is 0 Å². The van der Waals surface area contributed by atoms with Gasteiger partial charge in [-0.25, -0.2) is 13.4 Å². The Morgan fingerprint density at radius 1 is 1.40 bits per heavy atom. The molecule has 0 aliphatic carbocycles. The van der Waals surface area contributed by atoms with Crippen molar-refractivity contribution in [1.29, 1.82) is 0 Å². The molecule has 0 spiro atoms. The third kappa shape index (κ3) is 2.66. The number of rotatable bonds is 4. The summed E-state index contributed by atoms with van der Waals surface area (Å²) in [5.74, 6) is 0.319. The zero-order valence-electron chi connectivity index (χ0n) is 8.64. The van der Waals surface area contributed by atoms with Crippen molar-refractivity contribution in [1.82, 2.24) is 9.97 Å². The van der Waals surface area contributed by atoms with E-state index >= 15 is 0 Å². The standard InChI is InChI=1S/C9H13ClN2O2S/c1-7(3-4-10)15(13,14)9-8(2)11-5-6-12-9/h5-7H,3-4H2,1-2H3. The van der Waals surface area contributed by atoms with E-state index in [1.807, 2.05) is 0 Å². The summed E-state index contributed by atoms with van der Waals surface area (Å²) in [6.07, 6.45) is 3.27. The number of sulfone groups is 1. The molecule has 1 unspecified atom stereocenters. The Hall–Kier alpha value is -0.680. The molecule has 0 amide bonds. The highest BCUT2D eigenvalue weighted by Gasteiger charge is 2.26. The third-order valence-electron chi connectivity index (χ3n) is 2.15. The highest BCUT2D eigenvalue weighted by atomic mass is 35.5. The molecule has 0 fully saturated rings. The normalized spacial score (nSPS) is 13.8. The number of nitrogens with zero attached hydrogens (tertiary/aromatic N) is 2. The van der Waals surface area contributed by atoms with E-state index in [1.165, 1.54) is 12.4 Å². The molecule has 1 aromatic heterocycles. The first-order valence-corrected chi connectivity index (χ1v) is 6.65. The summed E-state index contributed by atoms with van der Waals surface area (Å²) in [6, 6.07) is 0. The molecule has 0 aliphatic rings. The Bertz CT molecular complexity index is 433. The van der Waals surface area contributed by atoms with Gasteiger partial charge in [0.2, 0.25) is 0 Å². The number of halogens is 1. The topological polar surface area (TPSA) is 59.9 Å². The first kappa shape index (κ1) is 12.4. The number of aryl methyl sites for hydroxylation is 1. The molecule has 0 saturated heterocycles. The lowest BCUT2D eigenvalue weighted by atomic mass is 10.4. The summed E-state index contributed by atoms with van der Waals surface area (Å²) in [6.45, 7) is 3.26. The Morgan fingerprint density at radius 2 is 2.00 bits per heavy atom. The van der Waals surface area contributed by atoms with Gasteiger partial charge in [-0.1, -0.05) is 0 Å². The molecule has 6 heteroatoms. The summed E-state index contributed by atoms with van der Waals surface area (Å²) in [4.78, 5) is 7.77. The predicted molar refractivity (Wildman–Crippen MR) is 58.8 cm³/mol. The van der Waals surface area contributed by atoms with E-state index in [9.17, 15) is 8.42 Å². The number of alkyl halides is 1. The van der Waals surface area contributed by atoms with Crippen LogP contribution in [0.1, 0.15) is 19.0 Å². The van der Waals surface area contributed by atoms with E-state index in [4.69, 9.17) is 11.6 Å². The second kappa shape index (κ2) is 4.90. The van der Waals surface area contributed by atoms with Crippen molar-refractivity contribution in [3.05, 3.63) is 18.1 Å². The van der Waals surface area contributed by atoms with Crippen LogP contribution in [-0.4, -0.2) is 29.5 Å². The lowest BCUT2D eigenvalue weighted by Crippen LogP contribution is -2.21. The fourth-order valence-electron chi connectivity index (χ4n) is 1.17. The monoisotopic (exact) mass is 248 g/mol. The molecular weight excluding hydrogens is 236 g/mol. The maximum absolute atomic E-state index is 12.0. The van der Waals surface area contributed by atoms with Gasteiger partial charge in [0.05, 0.1) is 10.9 Å². The van der Waals surface area contributed by atoms with Gasteiger partial charge in [-0.15, -0.1) is 11.6 Å². The molecule has 1 aromatic rings. The van der Waals surface area contributed by atoms with Gasteiger partial charge in [0.25, 0.3) is 0 Å². The van der Waals surface area contributed by atoms with Gasteiger partial charge in [0.15, 0.2) is 14.9 Å². The minimum Gasteiger partial charge on any atom is -0.257 e. The predicted octanol–water partition coefficient (Wildman–Crippen LogP) is 1.58. The van der Waals surface area contributed by atoms with Crippen LogP contribution < -0.4 is 0 Å². The SMILES string of the molecule is Cc1nccnc1S(=O)(=O)C(C)CCCl. The molecule has 1 heterocycles. The molecule has 0 bridgehead atoms. The average Bonchev–Trinajstić information content (AvgIpc) is 2.18. The molecule has 84 valence electrons. The van der Waals surface area contributed by atoms with Gasteiger partial charge in [0, 0.05) is 18.3 Å². The van der Waals surface area contributed by atoms with Crippen molar-refractivity contribution in [3.63, 3.8) is 0 Å². The van der Waals surface area contributed by atoms with E-state index in [1.54, 1.807) is 13.8 Å². The Balaban J connectivity index is 3.12. The molecule has 1 rings (SSSR count). The number of hydrogen-bond donors (Lipinski definition) is 0. The van der Waals surface area contributed by atoms with Crippen molar-refractivity contribution in [2.24, 2.45) is 0 Å². The van der Waals surface area contributed by atoms with Crippen molar-refractivity contribution >= 4 is 21.4 Å². The van der Waals surface area contributed by atoms with Crippen molar-refractivity contribution in [2.45, 2.75) is 30.5 Å². The third-order valence-corrected chi connectivity index (χ3v) is 4.60. The van der Waals surface area contributed by atoms with Crippen LogP contribution in [0, 0.1) is 6.92 Å². The van der Waals surface area contributed by atoms with Crippen LogP contribution in [0.3, 0.4) is 0 Å². The smallest absolute Gasteiger partial charge is 0.200 e. The van der Waals surface area contributed by atoms with Crippen LogP contribution >= 0.6 is 11.6 Å². The van der Waals surface area contributed by atoms with E-state index in [-0.39, 0.29) is 5.03 Å². The van der Waals surface area contributed by atoms with Gasteiger partial charge in [-0.3, -0.25) is 4.98 Å². The van der Waals surface area contributed by atoms with Gasteiger partial charge in [-0.05, 0) is 20.3 Å². The minimum absolute atomic E-state index is 0.0580. The largest absolute Gasteiger partial charge is 0.257 e. The second-order valence-electron chi connectivity index (χ2n) is 3.28. The molecule has 0 aromatic carbocycles. The highest BCUT2D eigenvalue weighted by Crippen LogP contribution is 2.18. The summed E-state index contributed by atoms with van der Waals surface area (Å²) in [7, 11) is -3.39. The van der Waals surface area contributed by atoms with E-state index in [0.29, 0.717) is 18.0 Å². The molecule has 0 saturated carbocycles. The fraction of sp³-hybridized carbons (Fsp3) is 0.556. The lowest BCUT2D eigenvalue weighted by molar-refractivity contribution is 0.575. The van der Waals surface area contributed by atoms with Gasteiger partial charge in [-0.2, -0.15) is 0 Å². The molecule has 0 aliphatic heterocycles. The van der Waals surface area contributed by atoms with Crippen LogP contribution in [0.25, 0.3) is 0 Å². The molecule has 0 N–H and O–H groups in total. The average molecular weight is 249 g/mol. The summed E-state index contributed by atoms with van der Waals surface area (Å²) < 4.78 is 24.0. The van der Waals surface area contributed by atoms with Crippen molar-refractivity contribution in [3.8, 4) is 0 Å². The van der Waals surface area contributed by atoms with Gasteiger partial charge < -0.3 is 0 Å². The second-order valence-corrected chi connectivity index (χ2v) is 5.94. The molecule has 15 heavy (non-hydrogen) atoms. The first-order chi connectivity index (χ1) is 7.00. The van der Waals surface area contributed by atoms with E-state index in [2.05, 4.69) is 9.97 Å². The van der Waals surface area contributed by atoms with E-state index in [0.717, 1.165) is 0 Å². The number of hydrogen-bond acceptors (Lipinski definition) is 4. The summed E-state index contributed by atoms with van der Waals surface area (Å²) in [5.41, 5.74) is 0.430. The molecular formula is C9H13ClN2O2S. The molecule has 4 nitrogen and oxygen atoms in total. The maximum Gasteiger partial charge on any atom is 0.200 e. The zero-order chi connectivity index (χ0) is 11.5. The Morgan fingerprint density at radius 3 is 2.53 bits per heavy atom.